The van der Waals surface area contributed by atoms with E-state index < -0.39 is 23.8 Å². The lowest BCUT2D eigenvalue weighted by atomic mass is 10.1. The van der Waals surface area contributed by atoms with Crippen molar-refractivity contribution in [3.63, 3.8) is 0 Å². The molecule has 1 unspecified atom stereocenters. The predicted octanol–water partition coefficient (Wildman–Crippen LogP) is 3.15. The van der Waals surface area contributed by atoms with Crippen molar-refractivity contribution in [1.29, 1.82) is 0 Å². The fourth-order valence-electron chi connectivity index (χ4n) is 3.12. The van der Waals surface area contributed by atoms with Crippen molar-refractivity contribution in [3.8, 4) is 0 Å². The number of imide groups is 1. The van der Waals surface area contributed by atoms with Crippen molar-refractivity contribution < 1.29 is 14.4 Å². The van der Waals surface area contributed by atoms with E-state index in [1.807, 2.05) is 32.0 Å². The molecule has 28 heavy (non-hydrogen) atoms. The first kappa shape index (κ1) is 21.6. The van der Waals surface area contributed by atoms with Crippen molar-refractivity contribution in [3.05, 3.63) is 64.7 Å². The lowest BCUT2D eigenvalue weighted by Gasteiger charge is -2.21. The van der Waals surface area contributed by atoms with Gasteiger partial charge in [-0.3, -0.25) is 19.3 Å². The minimum absolute atomic E-state index is 0. The Hall–Kier alpha value is -2.70. The van der Waals surface area contributed by atoms with E-state index in [4.69, 9.17) is 0 Å². The number of benzene rings is 2. The molecule has 0 fully saturated rings. The highest BCUT2D eigenvalue weighted by atomic mass is 35.5. The molecule has 0 bridgehead atoms. The molecule has 148 valence electrons. The maximum atomic E-state index is 12.7. The monoisotopic (exact) mass is 401 g/mol. The van der Waals surface area contributed by atoms with Crippen LogP contribution in [0.3, 0.4) is 0 Å². The summed E-state index contributed by atoms with van der Waals surface area (Å²) in [6, 6.07) is 11.7. The van der Waals surface area contributed by atoms with Crippen LogP contribution in [0.15, 0.2) is 42.5 Å². The molecule has 3 amide bonds. The Morgan fingerprint density at radius 1 is 1.07 bits per heavy atom. The zero-order valence-corrected chi connectivity index (χ0v) is 16.9. The zero-order chi connectivity index (χ0) is 19.6. The van der Waals surface area contributed by atoms with Crippen LogP contribution in [-0.2, 0) is 11.3 Å². The topological polar surface area (TPSA) is 78.5 Å². The van der Waals surface area contributed by atoms with Crippen LogP contribution < -0.4 is 10.6 Å². The van der Waals surface area contributed by atoms with E-state index in [0.717, 1.165) is 22.6 Å². The van der Waals surface area contributed by atoms with Gasteiger partial charge in [0.1, 0.15) is 6.04 Å². The minimum atomic E-state index is -0.907. The van der Waals surface area contributed by atoms with Gasteiger partial charge in [-0.05, 0) is 50.2 Å². The van der Waals surface area contributed by atoms with Crippen LogP contribution in [0.1, 0.15) is 45.7 Å². The second-order valence-corrected chi connectivity index (χ2v) is 6.68. The molecular formula is C21H24ClN3O3. The van der Waals surface area contributed by atoms with Crippen molar-refractivity contribution >= 4 is 35.8 Å². The van der Waals surface area contributed by atoms with Crippen LogP contribution in [0, 0.1) is 6.92 Å². The minimum Gasteiger partial charge on any atom is -0.324 e. The van der Waals surface area contributed by atoms with Gasteiger partial charge >= 0.3 is 0 Å². The van der Waals surface area contributed by atoms with Crippen LogP contribution in [0.2, 0.25) is 0 Å². The lowest BCUT2D eigenvalue weighted by Crippen LogP contribution is -2.45. The Labute approximate surface area is 170 Å². The Kier molecular flexibility index (Phi) is 6.94. The fraction of sp³-hybridized carbons (Fsp3) is 0.286. The molecule has 0 spiro atoms. The predicted molar refractivity (Wildman–Crippen MR) is 111 cm³/mol. The summed E-state index contributed by atoms with van der Waals surface area (Å²) in [6.45, 7) is 7.00. The first-order valence-corrected chi connectivity index (χ1v) is 9.01. The smallest absolute Gasteiger partial charge is 0.262 e. The van der Waals surface area contributed by atoms with E-state index in [2.05, 4.69) is 10.6 Å². The van der Waals surface area contributed by atoms with Crippen LogP contribution in [0.25, 0.3) is 0 Å². The molecule has 0 radical (unpaired) electrons. The number of rotatable bonds is 6. The fourth-order valence-corrected chi connectivity index (χ4v) is 3.12. The SMILES string of the molecule is CCNCc1cccc(NC(=O)C(C)N2C(=O)c3ccc(C)cc3C2=O)c1.Cl. The number of hydrogen-bond donors (Lipinski definition) is 2. The van der Waals surface area contributed by atoms with E-state index in [1.54, 1.807) is 31.2 Å². The molecule has 0 aliphatic carbocycles. The van der Waals surface area contributed by atoms with Crippen LogP contribution in [-0.4, -0.2) is 35.2 Å². The van der Waals surface area contributed by atoms with E-state index in [1.165, 1.54) is 0 Å². The van der Waals surface area contributed by atoms with E-state index >= 15 is 0 Å². The Morgan fingerprint density at radius 2 is 1.79 bits per heavy atom. The maximum absolute atomic E-state index is 12.7. The summed E-state index contributed by atoms with van der Waals surface area (Å²) >= 11 is 0. The van der Waals surface area contributed by atoms with Crippen molar-refractivity contribution in [2.24, 2.45) is 0 Å². The molecule has 0 saturated carbocycles. The zero-order valence-electron chi connectivity index (χ0n) is 16.1. The number of fused-ring (bicyclic) bond motifs is 1. The maximum Gasteiger partial charge on any atom is 0.262 e. The number of aryl methyl sites for hydroxylation is 1. The molecule has 0 aromatic heterocycles. The quantitative estimate of drug-likeness (QED) is 0.729. The van der Waals surface area contributed by atoms with Crippen LogP contribution >= 0.6 is 12.4 Å². The average Bonchev–Trinajstić information content (AvgIpc) is 2.89. The van der Waals surface area contributed by atoms with Crippen LogP contribution in [0.5, 0.6) is 0 Å². The summed E-state index contributed by atoms with van der Waals surface area (Å²) in [5, 5.41) is 6.03. The molecule has 2 aromatic carbocycles. The summed E-state index contributed by atoms with van der Waals surface area (Å²) in [5.74, 6) is -1.26. The highest BCUT2D eigenvalue weighted by Crippen LogP contribution is 2.26. The average molecular weight is 402 g/mol. The van der Waals surface area contributed by atoms with Gasteiger partial charge in [-0.2, -0.15) is 0 Å². The second kappa shape index (κ2) is 8.99. The van der Waals surface area contributed by atoms with Gasteiger partial charge in [0.25, 0.3) is 11.8 Å². The van der Waals surface area contributed by atoms with E-state index in [9.17, 15) is 14.4 Å². The summed E-state index contributed by atoms with van der Waals surface area (Å²) in [4.78, 5) is 38.9. The molecule has 2 N–H and O–H groups in total. The van der Waals surface area contributed by atoms with Gasteiger partial charge < -0.3 is 10.6 Å². The number of carbonyl (C=O) groups is 3. The summed E-state index contributed by atoms with van der Waals surface area (Å²) in [5.41, 5.74) is 3.27. The first-order valence-electron chi connectivity index (χ1n) is 9.01. The molecule has 1 aliphatic rings. The molecule has 6 nitrogen and oxygen atoms in total. The molecule has 2 aromatic rings. The number of amides is 3. The molecule has 7 heteroatoms. The molecule has 0 saturated heterocycles. The van der Waals surface area contributed by atoms with Gasteiger partial charge in [-0.25, -0.2) is 0 Å². The van der Waals surface area contributed by atoms with Crippen molar-refractivity contribution in [2.75, 3.05) is 11.9 Å². The molecule has 1 aliphatic heterocycles. The number of anilines is 1. The van der Waals surface area contributed by atoms with Crippen molar-refractivity contribution in [1.82, 2.24) is 10.2 Å². The Bertz CT molecular complexity index is 914. The lowest BCUT2D eigenvalue weighted by molar-refractivity contribution is -0.119. The third kappa shape index (κ3) is 4.24. The normalized spacial score (nSPS) is 13.8. The number of carbonyl (C=O) groups excluding carboxylic acids is 3. The summed E-state index contributed by atoms with van der Waals surface area (Å²) in [6.07, 6.45) is 0. The highest BCUT2D eigenvalue weighted by Gasteiger charge is 2.40. The number of nitrogens with zero attached hydrogens (tertiary/aromatic N) is 1. The first-order chi connectivity index (χ1) is 12.9. The van der Waals surface area contributed by atoms with Gasteiger partial charge in [-0.15, -0.1) is 12.4 Å². The summed E-state index contributed by atoms with van der Waals surface area (Å²) < 4.78 is 0. The second-order valence-electron chi connectivity index (χ2n) is 6.68. The third-order valence-corrected chi connectivity index (χ3v) is 4.61. The van der Waals surface area contributed by atoms with Gasteiger partial charge in [0.05, 0.1) is 11.1 Å². The third-order valence-electron chi connectivity index (χ3n) is 4.61. The number of hydrogen-bond acceptors (Lipinski definition) is 4. The molecule has 1 heterocycles. The van der Waals surface area contributed by atoms with Crippen molar-refractivity contribution in [2.45, 2.75) is 33.4 Å². The Morgan fingerprint density at radius 3 is 2.50 bits per heavy atom. The molecular weight excluding hydrogens is 378 g/mol. The van der Waals surface area contributed by atoms with Gasteiger partial charge in [0, 0.05) is 12.2 Å². The number of nitrogens with one attached hydrogen (secondary N) is 2. The molecule has 1 atom stereocenters. The summed E-state index contributed by atoms with van der Waals surface area (Å²) in [7, 11) is 0. The van der Waals surface area contributed by atoms with E-state index in [0.29, 0.717) is 23.4 Å². The van der Waals surface area contributed by atoms with Crippen LogP contribution in [0.4, 0.5) is 5.69 Å². The van der Waals surface area contributed by atoms with Gasteiger partial charge in [0.2, 0.25) is 5.91 Å². The van der Waals surface area contributed by atoms with Gasteiger partial charge in [-0.1, -0.05) is 30.7 Å². The standard InChI is InChI=1S/C21H23N3O3.ClH/c1-4-22-12-15-6-5-7-16(11-15)23-19(25)14(3)24-20(26)17-9-8-13(2)10-18(17)21(24)27;/h5-11,14,22H,4,12H2,1-3H3,(H,23,25);1H. The highest BCUT2D eigenvalue weighted by molar-refractivity contribution is 6.23. The molecule has 3 rings (SSSR count). The number of halogens is 1. The van der Waals surface area contributed by atoms with E-state index in [-0.39, 0.29) is 12.4 Å². The largest absolute Gasteiger partial charge is 0.324 e. The Balaban J connectivity index is 0.00000280. The van der Waals surface area contributed by atoms with Gasteiger partial charge in [0.15, 0.2) is 0 Å².